The van der Waals surface area contributed by atoms with Crippen LogP contribution in [-0.2, 0) is 70.7 Å². The third-order valence-corrected chi connectivity index (χ3v) is 24.4. The van der Waals surface area contributed by atoms with Crippen LogP contribution in [0.2, 0.25) is 0 Å². The molecule has 0 radical (unpaired) electrons. The van der Waals surface area contributed by atoms with Crippen molar-refractivity contribution in [3.05, 3.63) is 24.3 Å². The number of ether oxygens (including phenoxy) is 8. The van der Waals surface area contributed by atoms with Crippen LogP contribution in [0.5, 0.6) is 0 Å². The minimum absolute atomic E-state index is 0.0163. The van der Waals surface area contributed by atoms with E-state index in [0.29, 0.717) is 32.1 Å². The van der Waals surface area contributed by atoms with E-state index in [-0.39, 0.29) is 32.1 Å². The second kappa shape index (κ2) is 72.0. The van der Waals surface area contributed by atoms with Crippen molar-refractivity contribution in [2.45, 2.75) is 517 Å². The number of rotatable bonds is 78. The fourth-order valence-electron chi connectivity index (χ4n) is 15.8. The molecule has 10 N–H and O–H groups in total. The highest BCUT2D eigenvalue weighted by Gasteiger charge is 2.60. The van der Waals surface area contributed by atoms with Gasteiger partial charge in [0.2, 0.25) is 0 Å². The fourth-order valence-corrected chi connectivity index (χ4v) is 16.7. The molecule has 3 aliphatic rings. The van der Waals surface area contributed by atoms with Crippen LogP contribution in [0.25, 0.3) is 0 Å². The average Bonchev–Trinajstić information content (AvgIpc) is 0.753. The SMILES string of the molecule is CCCCCC/C=C\CCCCCCCCCC(=O)OCC(COP(=O)(O)OC1C(OC2OC(CO)C(O)C(O)C2O)C(O)C(O)C(OC(=O)CCCCC/C=C\CCCCCCCC)C1OC1OC(COC(=O)CCCCCCCCCCCCCCCCCC)C(O)C(O)C1O)OC(=O)CCCCCCCCCCCCCCCCCC. The van der Waals surface area contributed by atoms with Crippen molar-refractivity contribution >= 4 is 31.7 Å². The minimum Gasteiger partial charge on any atom is -0.463 e. The van der Waals surface area contributed by atoms with Crippen molar-refractivity contribution in [3.63, 3.8) is 0 Å². The predicted molar refractivity (Wildman–Crippen MR) is 463 cm³/mol. The van der Waals surface area contributed by atoms with Gasteiger partial charge in [0, 0.05) is 25.7 Å². The van der Waals surface area contributed by atoms with Crippen molar-refractivity contribution in [2.24, 2.45) is 0 Å². The maximum absolute atomic E-state index is 14.9. The van der Waals surface area contributed by atoms with Gasteiger partial charge in [-0.1, -0.05) is 335 Å². The molecule has 2 aliphatic heterocycles. The zero-order chi connectivity index (χ0) is 86.8. The Balaban J connectivity index is 1.90. The summed E-state index contributed by atoms with van der Waals surface area (Å²) >= 11 is 0. The number of aliphatic hydroxyl groups excluding tert-OH is 9. The molecule has 0 spiro atoms. The van der Waals surface area contributed by atoms with Crippen LogP contribution >= 0.6 is 7.82 Å². The van der Waals surface area contributed by atoms with Gasteiger partial charge in [-0.3, -0.25) is 28.2 Å². The van der Waals surface area contributed by atoms with E-state index in [0.717, 1.165) is 141 Å². The molecule has 18 atom stereocenters. The van der Waals surface area contributed by atoms with Gasteiger partial charge >= 0.3 is 31.7 Å². The summed E-state index contributed by atoms with van der Waals surface area (Å²) in [4.78, 5) is 66.5. The molecule has 0 aromatic carbocycles. The number of hydrogen-bond donors (Lipinski definition) is 10. The molecule has 1 saturated carbocycles. The molecule has 0 aromatic rings. The number of unbranched alkanes of at least 4 members (excludes halogenated alkanes) is 50. The van der Waals surface area contributed by atoms with Gasteiger partial charge in [0.25, 0.3) is 0 Å². The normalized spacial score (nSPS) is 24.9. The van der Waals surface area contributed by atoms with E-state index in [1.54, 1.807) is 0 Å². The Morgan fingerprint density at radius 3 is 1.02 bits per heavy atom. The van der Waals surface area contributed by atoms with Crippen molar-refractivity contribution in [3.8, 4) is 0 Å². The summed E-state index contributed by atoms with van der Waals surface area (Å²) in [6.45, 7) is 5.59. The second-order valence-corrected chi connectivity index (χ2v) is 35.6. The highest BCUT2D eigenvalue weighted by Crippen LogP contribution is 2.49. The Hall–Kier alpha value is -3.05. The largest absolute Gasteiger partial charge is 0.472 e. The topological polar surface area (TPSA) is 380 Å². The van der Waals surface area contributed by atoms with Crippen LogP contribution in [0.15, 0.2) is 24.3 Å². The van der Waals surface area contributed by atoms with Gasteiger partial charge in [-0.25, -0.2) is 4.57 Å². The molecular weight excluding hydrogens is 1550 g/mol. The molecule has 0 bridgehead atoms. The van der Waals surface area contributed by atoms with Gasteiger partial charge in [-0.05, 0) is 77.0 Å². The molecule has 26 heteroatoms. The molecule has 3 fully saturated rings. The van der Waals surface area contributed by atoms with Gasteiger partial charge in [-0.15, -0.1) is 0 Å². The van der Waals surface area contributed by atoms with Crippen molar-refractivity contribution in [1.29, 1.82) is 0 Å². The lowest BCUT2D eigenvalue weighted by Gasteiger charge is -2.50. The van der Waals surface area contributed by atoms with Crippen LogP contribution in [0, 0.1) is 0 Å². The van der Waals surface area contributed by atoms with E-state index < -0.39 is 162 Å². The Morgan fingerprint density at radius 1 is 0.328 bits per heavy atom. The molecule has 698 valence electrons. The third kappa shape index (κ3) is 52.0. The number of phosphoric acid groups is 1. The summed E-state index contributed by atoms with van der Waals surface area (Å²) in [6.07, 6.45) is 33.0. The van der Waals surface area contributed by atoms with Crippen molar-refractivity contribution in [2.75, 3.05) is 26.4 Å². The maximum atomic E-state index is 14.9. The summed E-state index contributed by atoms with van der Waals surface area (Å²) in [5, 5.41) is 102. The number of carbonyl (C=O) groups excluding carboxylic acids is 4. The molecular formula is C93H171O25P. The fraction of sp³-hybridized carbons (Fsp3) is 0.914. The number of carbonyl (C=O) groups is 4. The first kappa shape index (κ1) is 110. The maximum Gasteiger partial charge on any atom is 0.472 e. The van der Waals surface area contributed by atoms with E-state index in [4.69, 9.17) is 46.9 Å². The van der Waals surface area contributed by atoms with E-state index in [1.807, 2.05) is 0 Å². The first-order chi connectivity index (χ1) is 57.7. The van der Waals surface area contributed by atoms with E-state index in [9.17, 15) is 74.6 Å². The van der Waals surface area contributed by atoms with Gasteiger partial charge in [0.1, 0.15) is 92.6 Å². The standard InChI is InChI=1S/C93H171O25P/c1-5-9-13-17-21-25-29-33-36-39-43-46-50-54-58-62-66-77(96)110-72-75-81(100)83(102)87(106)93(114-75)117-90-88(115-79(98)68-64-60-56-52-47-41-32-28-24-20-16-12-8-4)84(103)85(104)89(116-92-86(105)82(101)80(99)74(69-94)113-92)91(90)118-119(107,108)111-71-73(70-109-76(95)65-61-57-53-49-45-42-38-35-31-27-23-19-15-11-7-3)112-78(97)67-63-59-55-51-48-44-40-37-34-30-26-22-18-14-10-6-2/h27,31,41,47,73-75,80-94,99-106H,5-26,28-30,32-40,42-46,48-72H2,1-4H3,(H,107,108)/b31-27-,47-41-. The highest BCUT2D eigenvalue weighted by atomic mass is 31.2. The molecule has 2 heterocycles. The van der Waals surface area contributed by atoms with Crippen LogP contribution in [-0.4, -0.2) is 205 Å². The molecule has 3 rings (SSSR count). The van der Waals surface area contributed by atoms with E-state index in [1.165, 1.54) is 180 Å². The van der Waals surface area contributed by atoms with Gasteiger partial charge in [0.05, 0.1) is 13.2 Å². The lowest BCUT2D eigenvalue weighted by atomic mass is 9.84. The monoisotopic (exact) mass is 1720 g/mol. The zero-order valence-corrected chi connectivity index (χ0v) is 75.3. The molecule has 18 unspecified atom stereocenters. The Kier molecular flexibility index (Phi) is 66.7. The van der Waals surface area contributed by atoms with Crippen LogP contribution in [0.4, 0.5) is 0 Å². The molecule has 2 saturated heterocycles. The zero-order valence-electron chi connectivity index (χ0n) is 74.4. The lowest BCUT2D eigenvalue weighted by Crippen LogP contribution is -2.70. The Bertz CT molecular complexity index is 2570. The molecule has 0 aromatic heterocycles. The summed E-state index contributed by atoms with van der Waals surface area (Å²) < 4.78 is 73.5. The first-order valence-corrected chi connectivity index (χ1v) is 49.6. The smallest absolute Gasteiger partial charge is 0.463 e. The van der Waals surface area contributed by atoms with Crippen molar-refractivity contribution in [1.82, 2.24) is 0 Å². The summed E-state index contributed by atoms with van der Waals surface area (Å²) in [6, 6.07) is 0. The number of phosphoric ester groups is 1. The van der Waals surface area contributed by atoms with Gasteiger partial charge in [0.15, 0.2) is 24.8 Å². The molecule has 1 aliphatic carbocycles. The Labute approximate surface area is 717 Å². The minimum atomic E-state index is -5.81. The highest BCUT2D eigenvalue weighted by molar-refractivity contribution is 7.47. The number of allylic oxidation sites excluding steroid dienone is 4. The first-order valence-electron chi connectivity index (χ1n) is 48.1. The van der Waals surface area contributed by atoms with Crippen molar-refractivity contribution < 1.29 is 122 Å². The van der Waals surface area contributed by atoms with Crippen LogP contribution < -0.4 is 0 Å². The third-order valence-electron chi connectivity index (χ3n) is 23.4. The summed E-state index contributed by atoms with van der Waals surface area (Å²) in [7, 11) is -5.81. The predicted octanol–water partition coefficient (Wildman–Crippen LogP) is 18.1. The van der Waals surface area contributed by atoms with Gasteiger partial charge in [-0.2, -0.15) is 0 Å². The number of esters is 4. The van der Waals surface area contributed by atoms with E-state index >= 15 is 0 Å². The lowest BCUT2D eigenvalue weighted by molar-refractivity contribution is -0.360. The molecule has 119 heavy (non-hydrogen) atoms. The number of aliphatic hydroxyl groups is 9. The van der Waals surface area contributed by atoms with Crippen LogP contribution in [0.3, 0.4) is 0 Å². The number of hydrogen-bond acceptors (Lipinski definition) is 24. The Morgan fingerprint density at radius 2 is 0.630 bits per heavy atom. The molecule has 25 nitrogen and oxygen atoms in total. The quantitative estimate of drug-likeness (QED) is 0.00889. The average molecular weight is 1720 g/mol. The van der Waals surface area contributed by atoms with E-state index in [2.05, 4.69) is 52.0 Å². The summed E-state index contributed by atoms with van der Waals surface area (Å²) in [5.74, 6) is -2.98. The molecule has 0 amide bonds. The van der Waals surface area contributed by atoms with Gasteiger partial charge < -0.3 is 88.7 Å². The van der Waals surface area contributed by atoms with Crippen LogP contribution in [0.1, 0.15) is 413 Å². The second-order valence-electron chi connectivity index (χ2n) is 34.2. The summed E-state index contributed by atoms with van der Waals surface area (Å²) in [5.41, 5.74) is 0.